The van der Waals surface area contributed by atoms with Crippen LogP contribution in [-0.4, -0.2) is 23.2 Å². The second-order valence-electron chi connectivity index (χ2n) is 5.73. The van der Waals surface area contributed by atoms with Gasteiger partial charge in [0.15, 0.2) is 0 Å². The number of ether oxygens (including phenoxy) is 1. The van der Waals surface area contributed by atoms with E-state index in [1.165, 1.54) is 0 Å². The molecule has 2 rings (SSSR count). The van der Waals surface area contributed by atoms with Crippen molar-refractivity contribution in [2.75, 3.05) is 6.61 Å². The number of halogens is 1. The second kappa shape index (κ2) is 8.15. The van der Waals surface area contributed by atoms with Crippen molar-refractivity contribution in [3.8, 4) is 5.75 Å². The summed E-state index contributed by atoms with van der Waals surface area (Å²) in [6, 6.07) is 15.0. The molecule has 128 valence electrons. The first kappa shape index (κ1) is 18.3. The van der Waals surface area contributed by atoms with E-state index in [-0.39, 0.29) is 6.61 Å². The van der Waals surface area contributed by atoms with Crippen molar-refractivity contribution in [3.05, 3.63) is 64.7 Å². The maximum Gasteiger partial charge on any atom is 0.239 e. The molecule has 1 atom stereocenters. The summed E-state index contributed by atoms with van der Waals surface area (Å²) in [6.45, 7) is 2.00. The molecule has 0 saturated carbocycles. The Bertz CT molecular complexity index is 691. The number of amides is 1. The predicted octanol–water partition coefficient (Wildman–Crippen LogP) is 2.24. The van der Waals surface area contributed by atoms with Crippen LogP contribution in [0.15, 0.2) is 48.5 Å². The molecule has 0 aromatic heterocycles. The van der Waals surface area contributed by atoms with E-state index in [1.807, 2.05) is 48.5 Å². The number of aliphatic hydroxyl groups is 1. The molecule has 2 aromatic carbocycles. The summed E-state index contributed by atoms with van der Waals surface area (Å²) in [7, 11) is 0. The zero-order valence-corrected chi connectivity index (χ0v) is 14.2. The van der Waals surface area contributed by atoms with Gasteiger partial charge >= 0.3 is 0 Å². The average Bonchev–Trinajstić information content (AvgIpc) is 2.59. The van der Waals surface area contributed by atoms with E-state index in [9.17, 15) is 9.90 Å². The van der Waals surface area contributed by atoms with Gasteiger partial charge in [0.1, 0.15) is 17.9 Å². The lowest BCUT2D eigenvalue weighted by Crippen LogP contribution is -2.55. The minimum absolute atomic E-state index is 0.360. The highest BCUT2D eigenvalue weighted by atomic mass is 35.5. The lowest BCUT2D eigenvalue weighted by molar-refractivity contribution is -0.125. The number of nitrogens with two attached hydrogens (primary N) is 1. The van der Waals surface area contributed by atoms with Gasteiger partial charge in [-0.25, -0.2) is 0 Å². The summed E-state index contributed by atoms with van der Waals surface area (Å²) in [5.74, 6) is 0.128. The Kier molecular flexibility index (Phi) is 6.20. The van der Waals surface area contributed by atoms with Gasteiger partial charge in [-0.05, 0) is 30.7 Å². The summed E-state index contributed by atoms with van der Waals surface area (Å²) >= 11 is 6.09. The number of aliphatic hydroxyl groups excluding tert-OH is 1. The lowest BCUT2D eigenvalue weighted by atomic mass is 10.0. The number of hydrogen-bond donors (Lipinski definition) is 3. The fourth-order valence-electron chi connectivity index (χ4n) is 2.00. The van der Waals surface area contributed by atoms with Crippen LogP contribution in [0.3, 0.4) is 0 Å². The fraction of sp³-hybridized carbons (Fsp3) is 0.278. The van der Waals surface area contributed by atoms with Crippen LogP contribution in [0, 0.1) is 0 Å². The third kappa shape index (κ3) is 4.71. The number of rotatable bonds is 8. The molecule has 0 aliphatic carbocycles. The first-order chi connectivity index (χ1) is 11.4. The Hall–Kier alpha value is -2.08. The van der Waals surface area contributed by atoms with Crippen LogP contribution in [0.2, 0.25) is 5.02 Å². The monoisotopic (exact) mass is 348 g/mol. The van der Waals surface area contributed by atoms with Crippen molar-refractivity contribution in [1.82, 2.24) is 5.32 Å². The van der Waals surface area contributed by atoms with E-state index in [0.29, 0.717) is 18.2 Å². The highest BCUT2D eigenvalue weighted by molar-refractivity contribution is 6.31. The third-order valence-electron chi connectivity index (χ3n) is 3.82. The highest BCUT2D eigenvalue weighted by Gasteiger charge is 2.29. The minimum atomic E-state index is -1.14. The topological polar surface area (TPSA) is 84.6 Å². The van der Waals surface area contributed by atoms with E-state index in [4.69, 9.17) is 22.1 Å². The molecule has 5 nitrogen and oxygen atoms in total. The van der Waals surface area contributed by atoms with Gasteiger partial charge in [0, 0.05) is 17.1 Å². The SMILES string of the molecule is CC(CO)(NCc1ccc(OCc2ccccc2Cl)cc1)C(N)=O. The molecule has 6 heteroatoms. The number of hydrogen-bond acceptors (Lipinski definition) is 4. The van der Waals surface area contributed by atoms with Crippen molar-refractivity contribution in [3.63, 3.8) is 0 Å². The van der Waals surface area contributed by atoms with Gasteiger partial charge in [0.05, 0.1) is 6.61 Å². The Labute approximate surface area is 146 Å². The largest absolute Gasteiger partial charge is 0.489 e. The molecule has 0 aliphatic rings. The molecule has 0 spiro atoms. The van der Waals surface area contributed by atoms with Gasteiger partial charge < -0.3 is 15.6 Å². The molecule has 2 aromatic rings. The lowest BCUT2D eigenvalue weighted by Gasteiger charge is -2.25. The van der Waals surface area contributed by atoms with E-state index in [0.717, 1.165) is 16.9 Å². The summed E-state index contributed by atoms with van der Waals surface area (Å²) in [4.78, 5) is 11.3. The fourth-order valence-corrected chi connectivity index (χ4v) is 2.19. The zero-order chi connectivity index (χ0) is 17.6. The Morgan fingerprint density at radius 2 is 1.92 bits per heavy atom. The van der Waals surface area contributed by atoms with Gasteiger partial charge in [0.25, 0.3) is 0 Å². The normalized spacial score (nSPS) is 13.3. The van der Waals surface area contributed by atoms with Crippen molar-refractivity contribution in [1.29, 1.82) is 0 Å². The minimum Gasteiger partial charge on any atom is -0.489 e. The summed E-state index contributed by atoms with van der Waals surface area (Å²) in [5, 5.41) is 12.9. The van der Waals surface area contributed by atoms with Crippen LogP contribution in [0.25, 0.3) is 0 Å². The standard InChI is InChI=1S/C18H21ClN2O3/c1-18(12-22,17(20)23)21-10-13-6-8-15(9-7-13)24-11-14-4-2-3-5-16(14)19/h2-9,21-22H,10-12H2,1H3,(H2,20,23). The number of primary amides is 1. The molecule has 0 heterocycles. The third-order valence-corrected chi connectivity index (χ3v) is 4.19. The molecular formula is C18H21ClN2O3. The average molecular weight is 349 g/mol. The maximum atomic E-state index is 11.3. The number of nitrogens with one attached hydrogen (secondary N) is 1. The molecule has 4 N–H and O–H groups in total. The van der Waals surface area contributed by atoms with Crippen LogP contribution in [0.1, 0.15) is 18.1 Å². The summed E-state index contributed by atoms with van der Waals surface area (Å²) in [6.07, 6.45) is 0. The maximum absolute atomic E-state index is 11.3. The molecule has 0 aliphatic heterocycles. The van der Waals surface area contributed by atoms with E-state index >= 15 is 0 Å². The Balaban J connectivity index is 1.91. The van der Waals surface area contributed by atoms with Gasteiger partial charge in [0.2, 0.25) is 5.91 Å². The van der Waals surface area contributed by atoms with Crippen LogP contribution in [-0.2, 0) is 17.9 Å². The molecular weight excluding hydrogens is 328 g/mol. The highest BCUT2D eigenvalue weighted by Crippen LogP contribution is 2.19. The summed E-state index contributed by atoms with van der Waals surface area (Å²) in [5.41, 5.74) is 6.01. The first-order valence-corrected chi connectivity index (χ1v) is 7.93. The van der Waals surface area contributed by atoms with Crippen molar-refractivity contribution >= 4 is 17.5 Å². The molecule has 1 amide bonds. The van der Waals surface area contributed by atoms with Crippen LogP contribution >= 0.6 is 11.6 Å². The molecule has 0 radical (unpaired) electrons. The van der Waals surface area contributed by atoms with E-state index < -0.39 is 11.4 Å². The van der Waals surface area contributed by atoms with E-state index in [2.05, 4.69) is 5.32 Å². The molecule has 24 heavy (non-hydrogen) atoms. The molecule has 0 fully saturated rings. The zero-order valence-electron chi connectivity index (χ0n) is 13.5. The quantitative estimate of drug-likeness (QED) is 0.683. The van der Waals surface area contributed by atoms with Crippen LogP contribution < -0.4 is 15.8 Å². The van der Waals surface area contributed by atoms with Gasteiger partial charge in [-0.1, -0.05) is 41.9 Å². The van der Waals surface area contributed by atoms with Crippen molar-refractivity contribution in [2.24, 2.45) is 5.73 Å². The Morgan fingerprint density at radius 1 is 1.25 bits per heavy atom. The van der Waals surface area contributed by atoms with Crippen LogP contribution in [0.4, 0.5) is 0 Å². The summed E-state index contributed by atoms with van der Waals surface area (Å²) < 4.78 is 5.71. The van der Waals surface area contributed by atoms with Gasteiger partial charge in [-0.2, -0.15) is 0 Å². The number of carbonyl (C=O) groups is 1. The molecule has 0 saturated heterocycles. The number of carbonyl (C=O) groups excluding carboxylic acids is 1. The van der Waals surface area contributed by atoms with E-state index in [1.54, 1.807) is 6.92 Å². The Morgan fingerprint density at radius 3 is 2.50 bits per heavy atom. The predicted molar refractivity (Wildman–Crippen MR) is 93.8 cm³/mol. The first-order valence-electron chi connectivity index (χ1n) is 7.55. The molecule has 0 bridgehead atoms. The molecule has 1 unspecified atom stereocenters. The van der Waals surface area contributed by atoms with Gasteiger partial charge in [-0.3, -0.25) is 10.1 Å². The smallest absolute Gasteiger partial charge is 0.239 e. The second-order valence-corrected chi connectivity index (χ2v) is 6.14. The van der Waals surface area contributed by atoms with Crippen molar-refractivity contribution in [2.45, 2.75) is 25.6 Å². The van der Waals surface area contributed by atoms with Gasteiger partial charge in [-0.15, -0.1) is 0 Å². The number of benzene rings is 2. The van der Waals surface area contributed by atoms with Crippen molar-refractivity contribution < 1.29 is 14.6 Å². The van der Waals surface area contributed by atoms with Crippen LogP contribution in [0.5, 0.6) is 5.75 Å².